The number of benzene rings is 2. The van der Waals surface area contributed by atoms with E-state index in [4.69, 9.17) is 4.74 Å². The van der Waals surface area contributed by atoms with E-state index in [1.165, 1.54) is 22.2 Å². The number of rotatable bonds is 5. The van der Waals surface area contributed by atoms with Crippen LogP contribution in [0.1, 0.15) is 11.1 Å². The van der Waals surface area contributed by atoms with E-state index in [0.717, 1.165) is 33.7 Å². The van der Waals surface area contributed by atoms with Gasteiger partial charge in [0.2, 0.25) is 5.91 Å². The number of carbonyl (C=O) groups excluding carboxylic acids is 1. The minimum absolute atomic E-state index is 0.0924. The zero-order chi connectivity index (χ0) is 21.3. The van der Waals surface area contributed by atoms with Crippen LogP contribution in [0, 0.1) is 13.8 Å². The van der Waals surface area contributed by atoms with E-state index >= 15 is 0 Å². The predicted octanol–water partition coefficient (Wildman–Crippen LogP) is 4.39. The average Bonchev–Trinajstić information content (AvgIpc) is 3.17. The molecule has 0 radical (unpaired) electrons. The second kappa shape index (κ2) is 8.12. The molecular formula is C23H21N3O3S. The third-order valence-electron chi connectivity index (χ3n) is 4.92. The van der Waals surface area contributed by atoms with Crippen molar-refractivity contribution in [2.24, 2.45) is 0 Å². The Bertz CT molecular complexity index is 1290. The Hall–Kier alpha value is -3.45. The first-order valence-electron chi connectivity index (χ1n) is 9.44. The van der Waals surface area contributed by atoms with Crippen LogP contribution in [-0.4, -0.2) is 22.6 Å². The third-order valence-corrected chi connectivity index (χ3v) is 5.87. The maximum atomic E-state index is 12.9. The lowest BCUT2D eigenvalue weighted by atomic mass is 10.1. The minimum Gasteiger partial charge on any atom is -0.497 e. The Labute approximate surface area is 177 Å². The number of hydrogen-bond acceptors (Lipinski definition) is 5. The van der Waals surface area contributed by atoms with Crippen LogP contribution in [0.2, 0.25) is 0 Å². The summed E-state index contributed by atoms with van der Waals surface area (Å²) >= 11 is 1.34. The van der Waals surface area contributed by atoms with Crippen LogP contribution in [-0.2, 0) is 11.3 Å². The second-order valence-corrected chi connectivity index (χ2v) is 7.98. The van der Waals surface area contributed by atoms with Gasteiger partial charge in [-0.2, -0.15) is 0 Å². The average molecular weight is 420 g/mol. The molecule has 0 aliphatic heterocycles. The number of aryl methyl sites for hydroxylation is 2. The summed E-state index contributed by atoms with van der Waals surface area (Å²) in [5.74, 6) is 0.501. The molecule has 2 aromatic carbocycles. The van der Waals surface area contributed by atoms with Crippen molar-refractivity contribution >= 4 is 33.1 Å². The Morgan fingerprint density at radius 3 is 2.63 bits per heavy atom. The van der Waals surface area contributed by atoms with Crippen LogP contribution in [0.15, 0.2) is 59.0 Å². The van der Waals surface area contributed by atoms with Crippen molar-refractivity contribution in [3.8, 4) is 16.9 Å². The van der Waals surface area contributed by atoms with Crippen molar-refractivity contribution in [2.45, 2.75) is 20.4 Å². The van der Waals surface area contributed by atoms with E-state index in [0.29, 0.717) is 10.2 Å². The molecule has 7 heteroatoms. The van der Waals surface area contributed by atoms with E-state index in [2.05, 4.69) is 10.3 Å². The highest BCUT2D eigenvalue weighted by atomic mass is 32.1. The highest BCUT2D eigenvalue weighted by Gasteiger charge is 2.14. The van der Waals surface area contributed by atoms with Crippen molar-refractivity contribution in [1.82, 2.24) is 9.55 Å². The Morgan fingerprint density at radius 2 is 1.93 bits per heavy atom. The summed E-state index contributed by atoms with van der Waals surface area (Å²) in [6, 6.07) is 13.4. The summed E-state index contributed by atoms with van der Waals surface area (Å²) in [5, 5.41) is 4.79. The Kier molecular flexibility index (Phi) is 5.37. The van der Waals surface area contributed by atoms with Gasteiger partial charge in [0, 0.05) is 16.6 Å². The molecule has 4 rings (SSSR count). The predicted molar refractivity (Wildman–Crippen MR) is 120 cm³/mol. The SMILES string of the molecule is COc1ccc(-c2csc3c(=O)n(CC(=O)Nc4ccc(C)cc4C)cnc23)cc1. The summed E-state index contributed by atoms with van der Waals surface area (Å²) in [6.45, 7) is 3.85. The smallest absolute Gasteiger partial charge is 0.271 e. The summed E-state index contributed by atoms with van der Waals surface area (Å²) < 4.78 is 7.07. The summed E-state index contributed by atoms with van der Waals surface area (Å²) in [4.78, 5) is 29.9. The molecule has 0 atom stereocenters. The molecule has 0 unspecified atom stereocenters. The quantitative estimate of drug-likeness (QED) is 0.521. The number of thiophene rings is 1. The number of fused-ring (bicyclic) bond motifs is 1. The van der Waals surface area contributed by atoms with Crippen molar-refractivity contribution in [3.05, 3.63) is 75.7 Å². The summed E-state index contributed by atoms with van der Waals surface area (Å²) in [5.41, 5.74) is 5.11. The molecule has 4 aromatic rings. The van der Waals surface area contributed by atoms with E-state index in [9.17, 15) is 9.59 Å². The Morgan fingerprint density at radius 1 is 1.17 bits per heavy atom. The van der Waals surface area contributed by atoms with Crippen molar-refractivity contribution in [3.63, 3.8) is 0 Å². The van der Waals surface area contributed by atoms with E-state index in [-0.39, 0.29) is 18.0 Å². The van der Waals surface area contributed by atoms with E-state index < -0.39 is 0 Å². The van der Waals surface area contributed by atoms with Gasteiger partial charge in [0.15, 0.2) is 0 Å². The van der Waals surface area contributed by atoms with Gasteiger partial charge >= 0.3 is 0 Å². The molecule has 152 valence electrons. The monoisotopic (exact) mass is 419 g/mol. The van der Waals surface area contributed by atoms with Crippen LogP contribution in [0.25, 0.3) is 21.3 Å². The zero-order valence-electron chi connectivity index (χ0n) is 16.9. The van der Waals surface area contributed by atoms with Crippen molar-refractivity contribution in [1.29, 1.82) is 0 Å². The first-order chi connectivity index (χ1) is 14.5. The fourth-order valence-electron chi connectivity index (χ4n) is 3.33. The Balaban J connectivity index is 1.59. The van der Waals surface area contributed by atoms with Gasteiger partial charge < -0.3 is 10.1 Å². The van der Waals surface area contributed by atoms with Gasteiger partial charge in [-0.05, 0) is 43.2 Å². The normalized spacial score (nSPS) is 10.9. The largest absolute Gasteiger partial charge is 0.497 e. The van der Waals surface area contributed by atoms with Gasteiger partial charge in [0.25, 0.3) is 5.56 Å². The first-order valence-corrected chi connectivity index (χ1v) is 10.3. The molecule has 6 nitrogen and oxygen atoms in total. The molecule has 0 saturated carbocycles. The number of methoxy groups -OCH3 is 1. The number of amides is 1. The number of aromatic nitrogens is 2. The van der Waals surface area contributed by atoms with E-state index in [1.807, 2.05) is 61.7 Å². The van der Waals surface area contributed by atoms with Gasteiger partial charge in [-0.3, -0.25) is 14.2 Å². The standard InChI is InChI=1S/C23H21N3O3S/c1-14-4-9-19(15(2)10-14)25-20(27)11-26-13-24-21-18(12-30-22(21)23(26)28)16-5-7-17(29-3)8-6-16/h4-10,12-13H,11H2,1-3H3,(H,25,27). The second-order valence-electron chi connectivity index (χ2n) is 7.10. The van der Waals surface area contributed by atoms with Crippen LogP contribution in [0.5, 0.6) is 5.75 Å². The summed E-state index contributed by atoms with van der Waals surface area (Å²) in [6.07, 6.45) is 1.44. The van der Waals surface area contributed by atoms with Gasteiger partial charge in [-0.1, -0.05) is 29.8 Å². The van der Waals surface area contributed by atoms with Crippen LogP contribution in [0.3, 0.4) is 0 Å². The van der Waals surface area contributed by atoms with Gasteiger partial charge in [0.1, 0.15) is 17.0 Å². The molecular weight excluding hydrogens is 398 g/mol. The molecule has 1 N–H and O–H groups in total. The lowest BCUT2D eigenvalue weighted by molar-refractivity contribution is -0.116. The van der Waals surface area contributed by atoms with Crippen LogP contribution in [0.4, 0.5) is 5.69 Å². The molecule has 1 amide bonds. The summed E-state index contributed by atoms with van der Waals surface area (Å²) in [7, 11) is 1.62. The van der Waals surface area contributed by atoms with Crippen molar-refractivity contribution < 1.29 is 9.53 Å². The number of nitrogens with one attached hydrogen (secondary N) is 1. The number of anilines is 1. The van der Waals surface area contributed by atoms with Crippen LogP contribution >= 0.6 is 11.3 Å². The molecule has 2 aromatic heterocycles. The maximum absolute atomic E-state index is 12.9. The number of ether oxygens (including phenoxy) is 1. The maximum Gasteiger partial charge on any atom is 0.271 e. The highest BCUT2D eigenvalue weighted by Crippen LogP contribution is 2.31. The zero-order valence-corrected chi connectivity index (χ0v) is 17.7. The lowest BCUT2D eigenvalue weighted by Crippen LogP contribution is -2.27. The van der Waals surface area contributed by atoms with Gasteiger partial charge in [0.05, 0.1) is 19.0 Å². The first kappa shape index (κ1) is 19.8. The number of nitrogens with zero attached hydrogens (tertiary/aromatic N) is 2. The molecule has 0 bridgehead atoms. The van der Waals surface area contributed by atoms with E-state index in [1.54, 1.807) is 7.11 Å². The third kappa shape index (κ3) is 3.84. The fourth-order valence-corrected chi connectivity index (χ4v) is 4.30. The van der Waals surface area contributed by atoms with Crippen molar-refractivity contribution in [2.75, 3.05) is 12.4 Å². The number of hydrogen-bond donors (Lipinski definition) is 1. The fraction of sp³-hybridized carbons (Fsp3) is 0.174. The number of carbonyl (C=O) groups is 1. The molecule has 0 saturated heterocycles. The van der Waals surface area contributed by atoms with Crippen LogP contribution < -0.4 is 15.6 Å². The molecule has 2 heterocycles. The molecule has 30 heavy (non-hydrogen) atoms. The van der Waals surface area contributed by atoms with Gasteiger partial charge in [-0.15, -0.1) is 11.3 Å². The molecule has 0 spiro atoms. The molecule has 0 fully saturated rings. The lowest BCUT2D eigenvalue weighted by Gasteiger charge is -2.10. The minimum atomic E-state index is -0.267. The van der Waals surface area contributed by atoms with Gasteiger partial charge in [-0.25, -0.2) is 4.98 Å². The molecule has 0 aliphatic carbocycles. The molecule has 0 aliphatic rings. The highest BCUT2D eigenvalue weighted by molar-refractivity contribution is 7.17. The topological polar surface area (TPSA) is 73.2 Å².